The first kappa shape index (κ1) is 14.6. The van der Waals surface area contributed by atoms with Crippen LogP contribution in [0, 0.1) is 0 Å². The molecule has 0 fully saturated rings. The van der Waals surface area contributed by atoms with Gasteiger partial charge in [-0.15, -0.1) is 0 Å². The molecular formula is C13H19NO4. The minimum Gasteiger partial charge on any atom is -0.386 e. The Morgan fingerprint density at radius 2 is 1.94 bits per heavy atom. The Hall–Kier alpha value is -1.43. The van der Waals surface area contributed by atoms with E-state index in [2.05, 4.69) is 0 Å². The Labute approximate surface area is 107 Å². The Kier molecular flexibility index (Phi) is 5.27. The number of hydrogen-bond donors (Lipinski definition) is 1. The van der Waals surface area contributed by atoms with Crippen molar-refractivity contribution in [1.82, 2.24) is 5.23 Å². The van der Waals surface area contributed by atoms with Crippen LogP contribution in [0.3, 0.4) is 0 Å². The molecule has 0 saturated carbocycles. The molecule has 0 spiro atoms. The minimum absolute atomic E-state index is 0.0567. The van der Waals surface area contributed by atoms with Gasteiger partial charge < -0.3 is 5.11 Å². The summed E-state index contributed by atoms with van der Waals surface area (Å²) < 4.78 is 0. The van der Waals surface area contributed by atoms with Gasteiger partial charge in [0.1, 0.15) is 12.7 Å². The summed E-state index contributed by atoms with van der Waals surface area (Å²) >= 11 is 0. The van der Waals surface area contributed by atoms with E-state index in [0.29, 0.717) is 6.41 Å². The molecule has 0 aliphatic rings. The molecule has 0 saturated heterocycles. The summed E-state index contributed by atoms with van der Waals surface area (Å²) in [7, 11) is 0. The van der Waals surface area contributed by atoms with Gasteiger partial charge in [0.25, 0.3) is 6.41 Å². The maximum absolute atomic E-state index is 10.7. The van der Waals surface area contributed by atoms with Crippen LogP contribution in [0.25, 0.3) is 0 Å². The Balaban J connectivity index is 2.46. The van der Waals surface area contributed by atoms with Gasteiger partial charge in [0, 0.05) is 0 Å². The van der Waals surface area contributed by atoms with Crippen LogP contribution in [-0.4, -0.2) is 29.0 Å². The Morgan fingerprint density at radius 3 is 2.44 bits per heavy atom. The lowest BCUT2D eigenvalue weighted by Crippen LogP contribution is -2.34. The number of carbonyl (C=O) groups is 1. The summed E-state index contributed by atoms with van der Waals surface area (Å²) in [4.78, 5) is 21.0. The van der Waals surface area contributed by atoms with E-state index < -0.39 is 11.7 Å². The van der Waals surface area contributed by atoms with E-state index in [1.165, 1.54) is 0 Å². The summed E-state index contributed by atoms with van der Waals surface area (Å²) in [6, 6.07) is 9.06. The molecule has 5 nitrogen and oxygen atoms in total. The molecule has 18 heavy (non-hydrogen) atoms. The topological polar surface area (TPSA) is 59.0 Å². The fourth-order valence-electron chi connectivity index (χ4n) is 1.26. The van der Waals surface area contributed by atoms with Gasteiger partial charge in [-0.2, -0.15) is 0 Å². The predicted molar refractivity (Wildman–Crippen MR) is 66.1 cm³/mol. The minimum atomic E-state index is -0.808. The zero-order valence-corrected chi connectivity index (χ0v) is 10.9. The van der Waals surface area contributed by atoms with Crippen molar-refractivity contribution in [3.8, 4) is 0 Å². The van der Waals surface area contributed by atoms with Crippen LogP contribution in [0.2, 0.25) is 0 Å². The monoisotopic (exact) mass is 253 g/mol. The van der Waals surface area contributed by atoms with Crippen LogP contribution >= 0.6 is 0 Å². The SMILES string of the molecule is CC(C)(C)ON(C=O)OCC(O)c1ccccc1. The smallest absolute Gasteiger partial charge is 0.261 e. The van der Waals surface area contributed by atoms with Crippen molar-refractivity contribution >= 4 is 6.41 Å². The lowest BCUT2D eigenvalue weighted by molar-refractivity contribution is -0.371. The molecule has 1 atom stereocenters. The molecule has 1 N–H and O–H groups in total. The molecule has 0 radical (unpaired) electrons. The van der Waals surface area contributed by atoms with Crippen molar-refractivity contribution in [2.24, 2.45) is 0 Å². The molecule has 5 heteroatoms. The van der Waals surface area contributed by atoms with Gasteiger partial charge in [0.15, 0.2) is 0 Å². The summed E-state index contributed by atoms with van der Waals surface area (Å²) in [5.41, 5.74) is 0.178. The van der Waals surface area contributed by atoms with E-state index in [9.17, 15) is 9.90 Å². The fraction of sp³-hybridized carbons (Fsp3) is 0.462. The second kappa shape index (κ2) is 6.49. The highest BCUT2D eigenvalue weighted by atomic mass is 17.0. The second-order valence-corrected chi connectivity index (χ2v) is 4.82. The molecule has 1 aromatic carbocycles. The van der Waals surface area contributed by atoms with E-state index in [-0.39, 0.29) is 6.61 Å². The number of nitrogens with zero attached hydrogens (tertiary/aromatic N) is 1. The third-order valence-corrected chi connectivity index (χ3v) is 1.99. The van der Waals surface area contributed by atoms with Crippen molar-refractivity contribution in [3.63, 3.8) is 0 Å². The predicted octanol–water partition coefficient (Wildman–Crippen LogP) is 1.84. The van der Waals surface area contributed by atoms with Crippen molar-refractivity contribution in [2.75, 3.05) is 6.61 Å². The van der Waals surface area contributed by atoms with Gasteiger partial charge in [0.05, 0.1) is 5.60 Å². The number of aliphatic hydroxyl groups is 1. The van der Waals surface area contributed by atoms with Gasteiger partial charge in [-0.3, -0.25) is 4.79 Å². The van der Waals surface area contributed by atoms with Gasteiger partial charge in [0.2, 0.25) is 0 Å². The number of benzene rings is 1. The van der Waals surface area contributed by atoms with Crippen molar-refractivity contribution in [3.05, 3.63) is 35.9 Å². The van der Waals surface area contributed by atoms with E-state index >= 15 is 0 Å². The summed E-state index contributed by atoms with van der Waals surface area (Å²) in [6.07, 6.45) is -0.389. The molecular weight excluding hydrogens is 234 g/mol. The Bertz CT molecular complexity index is 361. The van der Waals surface area contributed by atoms with Crippen LogP contribution in [0.5, 0.6) is 0 Å². The zero-order valence-electron chi connectivity index (χ0n) is 10.9. The van der Waals surface area contributed by atoms with Gasteiger partial charge in [-0.05, 0) is 26.3 Å². The lowest BCUT2D eigenvalue weighted by atomic mass is 10.1. The first-order valence-corrected chi connectivity index (χ1v) is 5.72. The van der Waals surface area contributed by atoms with E-state index in [1.54, 1.807) is 32.9 Å². The number of hydroxylamine groups is 2. The van der Waals surface area contributed by atoms with Gasteiger partial charge in [-0.1, -0.05) is 35.6 Å². The molecule has 1 rings (SSSR count). The molecule has 0 heterocycles. The van der Waals surface area contributed by atoms with E-state index in [0.717, 1.165) is 10.8 Å². The van der Waals surface area contributed by atoms with Gasteiger partial charge in [-0.25, -0.2) is 9.68 Å². The van der Waals surface area contributed by atoms with Crippen molar-refractivity contribution in [1.29, 1.82) is 0 Å². The maximum atomic E-state index is 10.7. The number of aliphatic hydroxyl groups excluding tert-OH is 1. The number of amides is 1. The molecule has 0 bridgehead atoms. The number of carbonyl (C=O) groups excluding carboxylic acids is 1. The van der Waals surface area contributed by atoms with Crippen LogP contribution < -0.4 is 0 Å². The third-order valence-electron chi connectivity index (χ3n) is 1.99. The van der Waals surface area contributed by atoms with Crippen molar-refractivity contribution < 1.29 is 19.6 Å². The molecule has 0 aliphatic heterocycles. The highest BCUT2D eigenvalue weighted by Crippen LogP contribution is 2.14. The molecule has 0 aliphatic carbocycles. The quantitative estimate of drug-likeness (QED) is 0.621. The third kappa shape index (κ3) is 5.27. The van der Waals surface area contributed by atoms with Crippen molar-refractivity contribution in [2.45, 2.75) is 32.5 Å². The van der Waals surface area contributed by atoms with Crippen LogP contribution in [0.4, 0.5) is 0 Å². The molecule has 1 unspecified atom stereocenters. The normalized spacial score (nSPS) is 13.1. The van der Waals surface area contributed by atoms with Crippen LogP contribution in [-0.2, 0) is 14.5 Å². The fourth-order valence-corrected chi connectivity index (χ4v) is 1.26. The molecule has 0 aromatic heterocycles. The standard InChI is InChI=1S/C13H19NO4/c1-13(2,3)18-14(10-15)17-9-12(16)11-7-5-4-6-8-11/h4-8,10,12,16H,9H2,1-3H3. The lowest BCUT2D eigenvalue weighted by Gasteiger charge is -2.26. The van der Waals surface area contributed by atoms with Crippen LogP contribution in [0.15, 0.2) is 30.3 Å². The molecule has 1 amide bonds. The maximum Gasteiger partial charge on any atom is 0.261 e. The zero-order chi connectivity index (χ0) is 13.6. The van der Waals surface area contributed by atoms with E-state index in [4.69, 9.17) is 9.68 Å². The second-order valence-electron chi connectivity index (χ2n) is 4.82. The number of rotatable bonds is 6. The van der Waals surface area contributed by atoms with Gasteiger partial charge >= 0.3 is 0 Å². The van der Waals surface area contributed by atoms with Crippen LogP contribution in [0.1, 0.15) is 32.4 Å². The first-order valence-electron chi connectivity index (χ1n) is 5.72. The largest absolute Gasteiger partial charge is 0.386 e. The highest BCUT2D eigenvalue weighted by Gasteiger charge is 2.18. The molecule has 1 aromatic rings. The summed E-state index contributed by atoms with van der Waals surface area (Å²) in [6.45, 7) is 5.32. The summed E-state index contributed by atoms with van der Waals surface area (Å²) in [5.74, 6) is 0. The first-order chi connectivity index (χ1) is 8.42. The van der Waals surface area contributed by atoms with E-state index in [1.807, 2.05) is 18.2 Å². The molecule has 100 valence electrons. The average Bonchev–Trinajstić information content (AvgIpc) is 2.33. The highest BCUT2D eigenvalue weighted by molar-refractivity contribution is 5.43. The summed E-state index contributed by atoms with van der Waals surface area (Å²) in [5, 5.41) is 10.6. The average molecular weight is 253 g/mol. The Morgan fingerprint density at radius 1 is 1.33 bits per heavy atom. The number of hydrogen-bond acceptors (Lipinski definition) is 4.